The van der Waals surface area contributed by atoms with E-state index in [1.165, 1.54) is 0 Å². The summed E-state index contributed by atoms with van der Waals surface area (Å²) in [6, 6.07) is 85.9. The molecule has 9 nitrogen and oxygen atoms in total. The molecule has 2 aliphatic heterocycles. The van der Waals surface area contributed by atoms with Crippen molar-refractivity contribution < 1.29 is 4.74 Å². The Morgan fingerprint density at radius 1 is 0.361 bits per heavy atom. The lowest BCUT2D eigenvalue weighted by molar-refractivity contribution is 0.435. The number of fused-ring (bicyclic) bond motifs is 20. The maximum absolute atomic E-state index is 10.3. The number of para-hydroxylation sites is 8. The molecular formula is C73H40N8OS. The highest BCUT2D eigenvalue weighted by Crippen LogP contribution is 2.66. The van der Waals surface area contributed by atoms with Crippen molar-refractivity contribution in [3.05, 3.63) is 276 Å². The highest BCUT2D eigenvalue weighted by Gasteiger charge is 2.54. The van der Waals surface area contributed by atoms with Crippen LogP contribution < -0.4 is 9.64 Å². The monoisotopic (exact) mass is 1080 g/mol. The van der Waals surface area contributed by atoms with E-state index >= 15 is 0 Å². The van der Waals surface area contributed by atoms with Crippen molar-refractivity contribution in [1.82, 2.24) is 23.7 Å². The summed E-state index contributed by atoms with van der Waals surface area (Å²) in [6.45, 7) is 0. The largest absolute Gasteiger partial charge is 0.452 e. The summed E-state index contributed by atoms with van der Waals surface area (Å²) in [7, 11) is 0. The third-order valence-electron chi connectivity index (χ3n) is 17.4. The highest BCUT2D eigenvalue weighted by molar-refractivity contribution is 7.99. The van der Waals surface area contributed by atoms with E-state index in [9.17, 15) is 10.5 Å². The molecule has 1 spiro atoms. The van der Waals surface area contributed by atoms with Crippen molar-refractivity contribution in [1.29, 1.82) is 10.5 Å². The Hall–Kier alpha value is -11.2. The molecular weight excluding hydrogens is 1040 g/mol. The fraction of sp³-hybridized carbons (Fsp3) is 0.0137. The highest BCUT2D eigenvalue weighted by atomic mass is 32.2. The summed E-state index contributed by atoms with van der Waals surface area (Å²) < 4.78 is 14.9. The SMILES string of the molecule is N#Cc1ccc2c(c1)c1ccccc1n2-c1cnc2c(c1)C1(c3cc(-n4c5ccccc5c5ccccc54)cnc3-2)c2cccc(N3c4ccccc4Sc4ccccc43)c2Oc2c(-n3c4ccccc4c4cc(C#N)ccc43)cccc21. The first-order chi connectivity index (χ1) is 41.1. The average Bonchev–Trinajstić information content (AvgIpc) is 2.35. The van der Waals surface area contributed by atoms with Crippen molar-refractivity contribution in [2.45, 2.75) is 15.2 Å². The number of ether oxygens (including phenoxy) is 1. The fourth-order valence-electron chi connectivity index (χ4n) is 14.1. The number of benzene rings is 10. The molecule has 83 heavy (non-hydrogen) atoms. The Labute approximate surface area is 479 Å². The molecule has 0 amide bonds. The van der Waals surface area contributed by atoms with Gasteiger partial charge >= 0.3 is 0 Å². The first-order valence-electron chi connectivity index (χ1n) is 27.6. The molecule has 0 saturated carbocycles. The number of pyridine rings is 2. The summed E-state index contributed by atoms with van der Waals surface area (Å²) in [5, 5.41) is 26.8. The van der Waals surface area contributed by atoms with Gasteiger partial charge in [0.05, 0.1) is 120 Å². The second kappa shape index (κ2) is 16.9. The Balaban J connectivity index is 1.01. The molecule has 0 bridgehead atoms. The van der Waals surface area contributed by atoms with Crippen LogP contribution in [0.4, 0.5) is 17.1 Å². The predicted octanol–water partition coefficient (Wildman–Crippen LogP) is 17.9. The quantitative estimate of drug-likeness (QED) is 0.173. The zero-order valence-electron chi connectivity index (χ0n) is 44.0. The van der Waals surface area contributed by atoms with Gasteiger partial charge in [0.25, 0.3) is 0 Å². The fourth-order valence-corrected chi connectivity index (χ4v) is 15.1. The summed E-state index contributed by atoms with van der Waals surface area (Å²) in [5.41, 5.74) is 17.0. The van der Waals surface area contributed by atoms with Crippen molar-refractivity contribution in [3.8, 4) is 52.1 Å². The van der Waals surface area contributed by atoms with E-state index in [0.717, 1.165) is 143 Å². The van der Waals surface area contributed by atoms with Crippen molar-refractivity contribution in [2.75, 3.05) is 4.90 Å². The number of aromatic nitrogens is 5. The predicted molar refractivity (Wildman–Crippen MR) is 331 cm³/mol. The van der Waals surface area contributed by atoms with Gasteiger partial charge < -0.3 is 23.3 Å². The van der Waals surface area contributed by atoms with E-state index in [2.05, 4.69) is 237 Å². The molecule has 10 aromatic carbocycles. The Morgan fingerprint density at radius 3 is 1.27 bits per heavy atom. The lowest BCUT2D eigenvalue weighted by Gasteiger charge is -2.42. The van der Waals surface area contributed by atoms with Gasteiger partial charge in [-0.2, -0.15) is 10.5 Å². The Morgan fingerprint density at radius 2 is 0.759 bits per heavy atom. The molecule has 0 radical (unpaired) electrons. The summed E-state index contributed by atoms with van der Waals surface area (Å²) in [5.74, 6) is 1.38. The molecule has 7 heterocycles. The lowest BCUT2D eigenvalue weighted by Crippen LogP contribution is -2.33. The molecule has 0 N–H and O–H groups in total. The van der Waals surface area contributed by atoms with Gasteiger partial charge in [-0.3, -0.25) is 9.97 Å². The van der Waals surface area contributed by atoms with Crippen LogP contribution in [0.5, 0.6) is 11.5 Å². The van der Waals surface area contributed by atoms with Gasteiger partial charge in [-0.25, -0.2) is 0 Å². The van der Waals surface area contributed by atoms with Gasteiger partial charge in [0.15, 0.2) is 11.5 Å². The average molecular weight is 1080 g/mol. The number of anilines is 3. The van der Waals surface area contributed by atoms with Crippen LogP contribution in [0.3, 0.4) is 0 Å². The van der Waals surface area contributed by atoms with Gasteiger partial charge in [-0.05, 0) is 109 Å². The minimum atomic E-state index is -1.13. The van der Waals surface area contributed by atoms with Crippen LogP contribution >= 0.6 is 11.8 Å². The third kappa shape index (κ3) is 6.09. The van der Waals surface area contributed by atoms with Crippen LogP contribution in [-0.4, -0.2) is 23.7 Å². The van der Waals surface area contributed by atoms with Crippen LogP contribution in [0.1, 0.15) is 33.4 Å². The molecule has 0 saturated heterocycles. The van der Waals surface area contributed by atoms with Crippen molar-refractivity contribution in [3.63, 3.8) is 0 Å². The van der Waals surface area contributed by atoms with Gasteiger partial charge in [0, 0.05) is 64.4 Å². The van der Waals surface area contributed by atoms with Gasteiger partial charge in [0.2, 0.25) is 0 Å². The molecule has 5 aromatic heterocycles. The maximum atomic E-state index is 10.3. The number of nitriles is 2. The number of rotatable bonds is 4. The molecule has 3 aliphatic rings. The van der Waals surface area contributed by atoms with Crippen LogP contribution in [0.25, 0.3) is 93.9 Å². The molecule has 10 heteroatoms. The summed E-state index contributed by atoms with van der Waals surface area (Å²) in [6.07, 6.45) is 3.99. The zero-order chi connectivity index (χ0) is 54.7. The smallest absolute Gasteiger partial charge is 0.156 e. The molecule has 1 atom stereocenters. The Kier molecular flexibility index (Phi) is 9.32. The third-order valence-corrected chi connectivity index (χ3v) is 18.5. The molecule has 1 unspecified atom stereocenters. The molecule has 15 aromatic rings. The zero-order valence-corrected chi connectivity index (χ0v) is 44.8. The first kappa shape index (κ1) is 45.7. The van der Waals surface area contributed by atoms with Crippen LogP contribution in [-0.2, 0) is 5.41 Å². The van der Waals surface area contributed by atoms with Gasteiger partial charge in [0.1, 0.15) is 0 Å². The minimum absolute atomic E-state index is 0.590. The maximum Gasteiger partial charge on any atom is 0.156 e. The van der Waals surface area contributed by atoms with E-state index in [-0.39, 0.29) is 0 Å². The topological polar surface area (TPSA) is 101 Å². The second-order valence-electron chi connectivity index (χ2n) is 21.5. The lowest BCUT2D eigenvalue weighted by atomic mass is 9.66. The summed E-state index contributed by atoms with van der Waals surface area (Å²) in [4.78, 5) is 15.9. The van der Waals surface area contributed by atoms with Crippen LogP contribution in [0.2, 0.25) is 0 Å². The molecule has 0 fully saturated rings. The molecule has 18 rings (SSSR count). The molecule has 1 aliphatic carbocycles. The summed E-state index contributed by atoms with van der Waals surface area (Å²) >= 11 is 1.77. The van der Waals surface area contributed by atoms with E-state index in [1.54, 1.807) is 11.8 Å². The van der Waals surface area contributed by atoms with Gasteiger partial charge in [-0.1, -0.05) is 133 Å². The van der Waals surface area contributed by atoms with Gasteiger partial charge in [-0.15, -0.1) is 0 Å². The normalized spacial score (nSPS) is 14.6. The molecule has 384 valence electrons. The van der Waals surface area contributed by atoms with E-state index in [0.29, 0.717) is 22.6 Å². The van der Waals surface area contributed by atoms with E-state index < -0.39 is 5.41 Å². The number of hydrogen-bond donors (Lipinski definition) is 0. The van der Waals surface area contributed by atoms with Crippen LogP contribution in [0.15, 0.2) is 253 Å². The number of hydrogen-bond acceptors (Lipinski definition) is 7. The first-order valence-corrected chi connectivity index (χ1v) is 28.4. The second-order valence-corrected chi connectivity index (χ2v) is 22.6. The Bertz CT molecular complexity index is 5380. The van der Waals surface area contributed by atoms with E-state index in [4.69, 9.17) is 14.7 Å². The van der Waals surface area contributed by atoms with Crippen molar-refractivity contribution >= 4 is 94.2 Å². The minimum Gasteiger partial charge on any atom is -0.452 e. The van der Waals surface area contributed by atoms with Crippen LogP contribution in [0, 0.1) is 22.7 Å². The number of nitrogens with zero attached hydrogens (tertiary/aromatic N) is 8. The van der Waals surface area contributed by atoms with E-state index in [1.807, 2.05) is 36.7 Å². The standard InChI is InChI=1S/C73H40N8OS/c74-39-43-31-33-61-51(35-43)49-17-3-7-23-59(49)79(61)46-38-56-70(77-42-46)69-55(37-45(41-76-69)78-57-21-5-1-15-47(57)48-16-2-6-22-58(48)78)73(56)53-19-13-27-65(80-60-24-8-4-18-50(60)52-36-44(40-75)32-34-62(52)80)71(53)82-72-54(73)20-14-28-66(72)81-63-25-9-11-29-67(63)83-68-30-12-10-26-64(68)81/h1-38,41-42H. The van der Waals surface area contributed by atoms with Crippen molar-refractivity contribution in [2.24, 2.45) is 0 Å².